The fourth-order valence-electron chi connectivity index (χ4n) is 7.65. The van der Waals surface area contributed by atoms with Crippen LogP contribution in [0.3, 0.4) is 0 Å². The monoisotopic (exact) mass is 410 g/mol. The summed E-state index contributed by atoms with van der Waals surface area (Å²) in [5.74, 6) is 1.34. The molecule has 162 valence electrons. The van der Waals surface area contributed by atoms with Crippen LogP contribution in [0.15, 0.2) is 42.0 Å². The van der Waals surface area contributed by atoms with E-state index in [0.29, 0.717) is 23.3 Å². The second-order valence-electron chi connectivity index (χ2n) is 10.4. The molecule has 4 nitrogen and oxygen atoms in total. The van der Waals surface area contributed by atoms with Gasteiger partial charge in [0.2, 0.25) is 0 Å². The molecule has 1 aromatic carbocycles. The van der Waals surface area contributed by atoms with Crippen LogP contribution >= 0.6 is 0 Å². The molecule has 0 heterocycles. The SMILES string of the molecule is C[C@@]12CC[C@@H]3[C@H](CC=C4C[C@@H](O)CC[C@@]43CO)[C@@H]1CC[C@@H]2OC(=O)c1ccccc1. The third-order valence-corrected chi connectivity index (χ3v) is 9.26. The number of hydrogen-bond donors (Lipinski definition) is 2. The second-order valence-corrected chi connectivity index (χ2v) is 10.4. The molecule has 4 heteroatoms. The summed E-state index contributed by atoms with van der Waals surface area (Å²) in [6, 6.07) is 9.32. The first-order valence-electron chi connectivity index (χ1n) is 11.7. The Bertz CT molecular complexity index is 833. The van der Waals surface area contributed by atoms with Gasteiger partial charge < -0.3 is 14.9 Å². The number of rotatable bonds is 3. The highest BCUT2D eigenvalue weighted by Crippen LogP contribution is 2.65. The van der Waals surface area contributed by atoms with Crippen LogP contribution in [0, 0.1) is 28.6 Å². The summed E-state index contributed by atoms with van der Waals surface area (Å²) in [5, 5.41) is 20.7. The maximum Gasteiger partial charge on any atom is 0.338 e. The summed E-state index contributed by atoms with van der Waals surface area (Å²) in [7, 11) is 0. The van der Waals surface area contributed by atoms with Gasteiger partial charge in [0.1, 0.15) is 6.10 Å². The number of carbonyl (C=O) groups excluding carboxylic acids is 1. The molecular formula is C26H34O4. The number of ether oxygens (including phenoxy) is 1. The van der Waals surface area contributed by atoms with Crippen molar-refractivity contribution in [3.8, 4) is 0 Å². The fraction of sp³-hybridized carbons (Fsp3) is 0.654. The molecule has 30 heavy (non-hydrogen) atoms. The van der Waals surface area contributed by atoms with Crippen molar-refractivity contribution in [3.05, 3.63) is 47.5 Å². The first kappa shape index (κ1) is 20.3. The molecule has 0 aliphatic heterocycles. The van der Waals surface area contributed by atoms with Crippen molar-refractivity contribution in [1.29, 1.82) is 0 Å². The molecule has 0 bridgehead atoms. The van der Waals surface area contributed by atoms with Crippen molar-refractivity contribution >= 4 is 5.97 Å². The lowest BCUT2D eigenvalue weighted by Gasteiger charge is -2.58. The van der Waals surface area contributed by atoms with E-state index in [1.807, 2.05) is 30.3 Å². The zero-order chi connectivity index (χ0) is 20.9. The minimum Gasteiger partial charge on any atom is -0.458 e. The van der Waals surface area contributed by atoms with Crippen LogP contribution in [0.5, 0.6) is 0 Å². The number of benzene rings is 1. The van der Waals surface area contributed by atoms with Gasteiger partial charge in [0, 0.05) is 10.8 Å². The molecule has 4 aliphatic rings. The van der Waals surface area contributed by atoms with Crippen molar-refractivity contribution < 1.29 is 19.7 Å². The standard InChI is InChI=1S/C26H34O4/c1-25-13-12-22-20(8-7-18-15-19(28)11-14-26(18,22)16-27)21(25)9-10-23(25)30-24(29)17-5-3-2-4-6-17/h2-7,19-23,27-28H,8-16H2,1H3/t19-,20+,21-,22+,23-,25+,26+/m0/s1. The van der Waals surface area contributed by atoms with Crippen LogP contribution in [-0.2, 0) is 4.74 Å². The number of aliphatic hydroxyl groups is 2. The predicted molar refractivity (Wildman–Crippen MR) is 115 cm³/mol. The molecule has 0 amide bonds. The number of aliphatic hydroxyl groups excluding tert-OH is 2. The van der Waals surface area contributed by atoms with Crippen LogP contribution in [0.1, 0.15) is 68.6 Å². The highest BCUT2D eigenvalue weighted by molar-refractivity contribution is 5.89. The summed E-state index contributed by atoms with van der Waals surface area (Å²) in [6.07, 6.45) is 9.66. The van der Waals surface area contributed by atoms with Gasteiger partial charge in [0.15, 0.2) is 0 Å². The van der Waals surface area contributed by atoms with Crippen LogP contribution in [0.4, 0.5) is 0 Å². The van der Waals surface area contributed by atoms with Gasteiger partial charge in [-0.2, -0.15) is 0 Å². The minimum absolute atomic E-state index is 0.0157. The van der Waals surface area contributed by atoms with Crippen LogP contribution in [0.25, 0.3) is 0 Å². The van der Waals surface area contributed by atoms with E-state index < -0.39 is 0 Å². The minimum atomic E-state index is -0.255. The zero-order valence-corrected chi connectivity index (χ0v) is 17.9. The Labute approximate surface area is 179 Å². The van der Waals surface area contributed by atoms with Crippen molar-refractivity contribution in [2.24, 2.45) is 28.6 Å². The molecule has 0 saturated heterocycles. The van der Waals surface area contributed by atoms with Crippen LogP contribution < -0.4 is 0 Å². The van der Waals surface area contributed by atoms with Gasteiger partial charge >= 0.3 is 5.97 Å². The van der Waals surface area contributed by atoms with Crippen molar-refractivity contribution in [3.63, 3.8) is 0 Å². The van der Waals surface area contributed by atoms with E-state index in [-0.39, 0.29) is 35.6 Å². The molecular weight excluding hydrogens is 376 g/mol. The summed E-state index contributed by atoms with van der Waals surface area (Å²) < 4.78 is 6.08. The average molecular weight is 411 g/mol. The molecule has 0 unspecified atom stereocenters. The van der Waals surface area contributed by atoms with E-state index >= 15 is 0 Å². The van der Waals surface area contributed by atoms with E-state index in [1.54, 1.807) is 0 Å². The Hall–Kier alpha value is -1.65. The van der Waals surface area contributed by atoms with Crippen LogP contribution in [-0.4, -0.2) is 35.0 Å². The van der Waals surface area contributed by atoms with E-state index in [0.717, 1.165) is 51.4 Å². The van der Waals surface area contributed by atoms with Crippen LogP contribution in [0.2, 0.25) is 0 Å². The van der Waals surface area contributed by atoms with Gasteiger partial charge in [-0.25, -0.2) is 4.79 Å². The number of fused-ring (bicyclic) bond motifs is 5. The molecule has 2 N–H and O–H groups in total. The predicted octanol–water partition coefficient (Wildman–Crippen LogP) is 4.51. The van der Waals surface area contributed by atoms with E-state index in [2.05, 4.69) is 13.0 Å². The van der Waals surface area contributed by atoms with Gasteiger partial charge in [0.05, 0.1) is 18.3 Å². The molecule has 4 aliphatic carbocycles. The average Bonchev–Trinajstić information content (AvgIpc) is 3.10. The molecule has 5 rings (SSSR count). The molecule has 3 fully saturated rings. The Morgan fingerprint density at radius 1 is 1.10 bits per heavy atom. The van der Waals surface area contributed by atoms with Gasteiger partial charge in [-0.1, -0.05) is 36.8 Å². The van der Waals surface area contributed by atoms with Gasteiger partial charge in [-0.05, 0) is 81.3 Å². The Kier molecular flexibility index (Phi) is 5.06. The van der Waals surface area contributed by atoms with E-state index in [9.17, 15) is 15.0 Å². The van der Waals surface area contributed by atoms with E-state index in [1.165, 1.54) is 5.57 Å². The van der Waals surface area contributed by atoms with Crippen molar-refractivity contribution in [2.45, 2.75) is 70.5 Å². The smallest absolute Gasteiger partial charge is 0.338 e. The number of esters is 1. The van der Waals surface area contributed by atoms with E-state index in [4.69, 9.17) is 4.74 Å². The summed E-state index contributed by atoms with van der Waals surface area (Å²) >= 11 is 0. The Balaban J connectivity index is 1.38. The molecule has 1 aromatic rings. The maximum absolute atomic E-state index is 12.7. The van der Waals surface area contributed by atoms with Gasteiger partial charge in [-0.15, -0.1) is 0 Å². The molecule has 0 aromatic heterocycles. The zero-order valence-electron chi connectivity index (χ0n) is 17.9. The first-order chi connectivity index (χ1) is 14.5. The number of hydrogen-bond acceptors (Lipinski definition) is 4. The quantitative estimate of drug-likeness (QED) is 0.568. The highest BCUT2D eigenvalue weighted by atomic mass is 16.5. The third-order valence-electron chi connectivity index (χ3n) is 9.26. The lowest BCUT2D eigenvalue weighted by molar-refractivity contribution is -0.0927. The summed E-state index contributed by atoms with van der Waals surface area (Å²) in [6.45, 7) is 2.53. The largest absolute Gasteiger partial charge is 0.458 e. The maximum atomic E-state index is 12.7. The topological polar surface area (TPSA) is 66.8 Å². The molecule has 0 radical (unpaired) electrons. The van der Waals surface area contributed by atoms with Gasteiger partial charge in [-0.3, -0.25) is 0 Å². The van der Waals surface area contributed by atoms with Crippen molar-refractivity contribution in [1.82, 2.24) is 0 Å². The fourth-order valence-corrected chi connectivity index (χ4v) is 7.65. The number of allylic oxidation sites excluding steroid dienone is 1. The molecule has 7 atom stereocenters. The first-order valence-corrected chi connectivity index (χ1v) is 11.7. The summed E-state index contributed by atoms with van der Waals surface area (Å²) in [4.78, 5) is 12.7. The lowest BCUT2D eigenvalue weighted by atomic mass is 9.47. The Morgan fingerprint density at radius 3 is 2.67 bits per heavy atom. The summed E-state index contributed by atoms with van der Waals surface area (Å²) in [5.41, 5.74) is 1.81. The molecule has 0 spiro atoms. The normalized spacial score (nSPS) is 42.5. The van der Waals surface area contributed by atoms with Gasteiger partial charge in [0.25, 0.3) is 0 Å². The highest BCUT2D eigenvalue weighted by Gasteiger charge is 2.60. The molecule has 3 saturated carbocycles. The third kappa shape index (κ3) is 2.98. The lowest BCUT2D eigenvalue weighted by Crippen LogP contribution is -2.53. The second kappa shape index (κ2) is 7.49. The number of carbonyl (C=O) groups is 1. The Morgan fingerprint density at radius 2 is 1.90 bits per heavy atom. The van der Waals surface area contributed by atoms with Crippen molar-refractivity contribution in [2.75, 3.05) is 6.61 Å².